The molecular formula is C7H12N2O2. The number of amides is 2. The highest BCUT2D eigenvalue weighted by Gasteiger charge is 2.25. The molecule has 62 valence electrons. The van der Waals surface area contributed by atoms with E-state index < -0.39 is 5.92 Å². The molecule has 0 aromatic heterocycles. The first-order chi connectivity index (χ1) is 5.25. The predicted octanol–water partition coefficient (Wildman–Crippen LogP) is -0.741. The molecule has 4 nitrogen and oxygen atoms in total. The Kier molecular flexibility index (Phi) is 2.46. The summed E-state index contributed by atoms with van der Waals surface area (Å²) in [6, 6.07) is 0. The van der Waals surface area contributed by atoms with Crippen LogP contribution in [0.15, 0.2) is 0 Å². The molecule has 0 unspecified atom stereocenters. The molecule has 0 aromatic rings. The maximum absolute atomic E-state index is 11.1. The Bertz CT molecular complexity index is 161. The molecule has 1 saturated heterocycles. The van der Waals surface area contributed by atoms with Crippen LogP contribution in [0.4, 0.5) is 0 Å². The zero-order chi connectivity index (χ0) is 8.27. The fourth-order valence-electron chi connectivity index (χ4n) is 1.11. The molecule has 0 atom stereocenters. The van der Waals surface area contributed by atoms with Crippen LogP contribution in [0.1, 0.15) is 13.3 Å². The van der Waals surface area contributed by atoms with E-state index in [0.717, 1.165) is 0 Å². The zero-order valence-corrected chi connectivity index (χ0v) is 6.52. The molecule has 0 radical (unpaired) electrons. The van der Waals surface area contributed by atoms with Gasteiger partial charge in [-0.15, -0.1) is 0 Å². The monoisotopic (exact) mass is 156 g/mol. The summed E-state index contributed by atoms with van der Waals surface area (Å²) >= 11 is 0. The molecule has 4 heteroatoms. The normalized spacial score (nSPS) is 20.5. The van der Waals surface area contributed by atoms with Gasteiger partial charge in [0, 0.05) is 13.1 Å². The fourth-order valence-corrected chi connectivity index (χ4v) is 1.11. The molecule has 1 rings (SSSR count). The van der Waals surface area contributed by atoms with Crippen LogP contribution in [-0.4, -0.2) is 24.9 Å². The van der Waals surface area contributed by atoms with Crippen LogP contribution in [0.25, 0.3) is 0 Å². The second-order valence-corrected chi connectivity index (χ2v) is 2.54. The van der Waals surface area contributed by atoms with E-state index in [1.165, 1.54) is 0 Å². The van der Waals surface area contributed by atoms with Crippen LogP contribution in [0.5, 0.6) is 0 Å². The summed E-state index contributed by atoms with van der Waals surface area (Å²) in [5.41, 5.74) is 0. The van der Waals surface area contributed by atoms with Crippen molar-refractivity contribution in [2.24, 2.45) is 5.92 Å². The minimum absolute atomic E-state index is 0.150. The first-order valence-electron chi connectivity index (χ1n) is 3.81. The summed E-state index contributed by atoms with van der Waals surface area (Å²) < 4.78 is 0. The third-order valence-corrected chi connectivity index (χ3v) is 1.76. The standard InChI is InChI=1S/C7H12N2O2/c1-2-5-6(10)8-3-4-9-7(5)11/h5H,2-4H2,1H3,(H,8,10)(H,9,11). The van der Waals surface area contributed by atoms with Gasteiger partial charge in [-0.05, 0) is 6.42 Å². The van der Waals surface area contributed by atoms with Crippen LogP contribution in [0.3, 0.4) is 0 Å². The maximum Gasteiger partial charge on any atom is 0.232 e. The van der Waals surface area contributed by atoms with Crippen molar-refractivity contribution < 1.29 is 9.59 Å². The number of hydrogen-bond acceptors (Lipinski definition) is 2. The summed E-state index contributed by atoms with van der Waals surface area (Å²) in [6.45, 7) is 2.91. The van der Waals surface area contributed by atoms with E-state index >= 15 is 0 Å². The summed E-state index contributed by atoms with van der Waals surface area (Å²) in [5.74, 6) is -0.789. The van der Waals surface area contributed by atoms with Crippen molar-refractivity contribution in [2.45, 2.75) is 13.3 Å². The van der Waals surface area contributed by atoms with Gasteiger partial charge in [0.25, 0.3) is 0 Å². The lowest BCUT2D eigenvalue weighted by Gasteiger charge is -2.07. The van der Waals surface area contributed by atoms with Crippen LogP contribution in [-0.2, 0) is 9.59 Å². The summed E-state index contributed by atoms with van der Waals surface area (Å²) in [7, 11) is 0. The van der Waals surface area contributed by atoms with Crippen molar-refractivity contribution in [1.82, 2.24) is 10.6 Å². The zero-order valence-electron chi connectivity index (χ0n) is 6.52. The Morgan fingerprint density at radius 2 is 1.73 bits per heavy atom. The molecule has 2 amide bonds. The predicted molar refractivity (Wildman–Crippen MR) is 39.8 cm³/mol. The smallest absolute Gasteiger partial charge is 0.232 e. The van der Waals surface area contributed by atoms with Gasteiger partial charge in [0.05, 0.1) is 0 Å². The Morgan fingerprint density at radius 1 is 1.27 bits per heavy atom. The van der Waals surface area contributed by atoms with E-state index in [2.05, 4.69) is 10.6 Å². The summed E-state index contributed by atoms with van der Waals surface area (Å²) in [6.07, 6.45) is 0.567. The van der Waals surface area contributed by atoms with E-state index in [9.17, 15) is 9.59 Å². The quantitative estimate of drug-likeness (QED) is 0.491. The van der Waals surface area contributed by atoms with Crippen molar-refractivity contribution in [2.75, 3.05) is 13.1 Å². The van der Waals surface area contributed by atoms with Gasteiger partial charge >= 0.3 is 0 Å². The largest absolute Gasteiger partial charge is 0.354 e. The van der Waals surface area contributed by atoms with Gasteiger partial charge in [-0.2, -0.15) is 0 Å². The molecule has 11 heavy (non-hydrogen) atoms. The average Bonchev–Trinajstić information content (AvgIpc) is 2.12. The molecule has 0 spiro atoms. The van der Waals surface area contributed by atoms with Gasteiger partial charge in [-0.3, -0.25) is 9.59 Å². The second kappa shape index (κ2) is 3.37. The highest BCUT2D eigenvalue weighted by atomic mass is 16.2. The van der Waals surface area contributed by atoms with Crippen molar-refractivity contribution in [1.29, 1.82) is 0 Å². The molecule has 1 fully saturated rings. The van der Waals surface area contributed by atoms with Gasteiger partial charge in [0.2, 0.25) is 11.8 Å². The van der Waals surface area contributed by atoms with E-state index in [-0.39, 0.29) is 11.8 Å². The number of carbonyl (C=O) groups excluding carboxylic acids is 2. The van der Waals surface area contributed by atoms with Crippen LogP contribution >= 0.6 is 0 Å². The molecule has 1 aliphatic rings. The minimum Gasteiger partial charge on any atom is -0.354 e. The first-order valence-corrected chi connectivity index (χ1v) is 3.81. The second-order valence-electron chi connectivity index (χ2n) is 2.54. The highest BCUT2D eigenvalue weighted by Crippen LogP contribution is 2.03. The van der Waals surface area contributed by atoms with Gasteiger partial charge in [0.15, 0.2) is 0 Å². The first kappa shape index (κ1) is 8.04. The third kappa shape index (κ3) is 1.69. The van der Waals surface area contributed by atoms with Gasteiger partial charge in [0.1, 0.15) is 5.92 Å². The van der Waals surface area contributed by atoms with Gasteiger partial charge in [-0.1, -0.05) is 6.92 Å². The maximum atomic E-state index is 11.1. The Balaban J connectivity index is 2.66. The minimum atomic E-state index is -0.488. The lowest BCUT2D eigenvalue weighted by Crippen LogP contribution is -2.34. The molecule has 0 aromatic carbocycles. The third-order valence-electron chi connectivity index (χ3n) is 1.76. The van der Waals surface area contributed by atoms with Crippen molar-refractivity contribution >= 4 is 11.8 Å². The average molecular weight is 156 g/mol. The number of hydrogen-bond donors (Lipinski definition) is 2. The van der Waals surface area contributed by atoms with Crippen LogP contribution in [0.2, 0.25) is 0 Å². The van der Waals surface area contributed by atoms with Crippen molar-refractivity contribution in [3.63, 3.8) is 0 Å². The molecule has 1 aliphatic heterocycles. The van der Waals surface area contributed by atoms with E-state index in [0.29, 0.717) is 19.5 Å². The number of nitrogens with one attached hydrogen (secondary N) is 2. The molecule has 0 aliphatic carbocycles. The van der Waals surface area contributed by atoms with Gasteiger partial charge < -0.3 is 10.6 Å². The SMILES string of the molecule is CCC1C(=O)NCCNC1=O. The fraction of sp³-hybridized carbons (Fsp3) is 0.714. The Hall–Kier alpha value is -1.06. The molecule has 2 N–H and O–H groups in total. The van der Waals surface area contributed by atoms with E-state index in [4.69, 9.17) is 0 Å². The van der Waals surface area contributed by atoms with Crippen LogP contribution in [0, 0.1) is 5.92 Å². The number of rotatable bonds is 1. The molecule has 0 saturated carbocycles. The molecular weight excluding hydrogens is 144 g/mol. The molecule has 0 bridgehead atoms. The molecule has 1 heterocycles. The lowest BCUT2D eigenvalue weighted by molar-refractivity contribution is -0.134. The number of carbonyl (C=O) groups is 2. The van der Waals surface area contributed by atoms with E-state index in [1.807, 2.05) is 6.92 Å². The summed E-state index contributed by atoms with van der Waals surface area (Å²) in [5, 5.41) is 5.31. The van der Waals surface area contributed by atoms with Crippen LogP contribution < -0.4 is 10.6 Å². The van der Waals surface area contributed by atoms with E-state index in [1.54, 1.807) is 0 Å². The van der Waals surface area contributed by atoms with Crippen molar-refractivity contribution in [3.05, 3.63) is 0 Å². The summed E-state index contributed by atoms with van der Waals surface area (Å²) in [4.78, 5) is 22.2. The van der Waals surface area contributed by atoms with Gasteiger partial charge in [-0.25, -0.2) is 0 Å². The topological polar surface area (TPSA) is 58.2 Å². The highest BCUT2D eigenvalue weighted by molar-refractivity contribution is 6.00. The Labute approximate surface area is 65.3 Å². The van der Waals surface area contributed by atoms with Crippen molar-refractivity contribution in [3.8, 4) is 0 Å². The Morgan fingerprint density at radius 3 is 2.09 bits per heavy atom. The lowest BCUT2D eigenvalue weighted by atomic mass is 10.1.